The highest BCUT2D eigenvalue weighted by Gasteiger charge is 2.19. The van der Waals surface area contributed by atoms with Crippen LogP contribution in [0.2, 0.25) is 5.02 Å². The zero-order valence-corrected chi connectivity index (χ0v) is 14.1. The zero-order chi connectivity index (χ0) is 17.3. The molecule has 10 heteroatoms. The van der Waals surface area contributed by atoms with E-state index in [1.54, 1.807) is 0 Å². The molecule has 0 aliphatic heterocycles. The first kappa shape index (κ1) is 17.7. The van der Waals surface area contributed by atoms with Gasteiger partial charge in [0.2, 0.25) is 10.0 Å². The van der Waals surface area contributed by atoms with Crippen molar-refractivity contribution in [3.63, 3.8) is 0 Å². The van der Waals surface area contributed by atoms with Crippen LogP contribution in [0.25, 0.3) is 0 Å². The molecule has 0 heterocycles. The predicted molar refractivity (Wildman–Crippen MR) is 84.9 cm³/mol. The number of rotatable bonds is 5. The topological polar surface area (TPSA) is 92.3 Å². The molecule has 2 rings (SSSR count). The van der Waals surface area contributed by atoms with Crippen LogP contribution in [0.15, 0.2) is 52.3 Å². The summed E-state index contributed by atoms with van der Waals surface area (Å²) < 4.78 is 65.6. The highest BCUT2D eigenvalue weighted by molar-refractivity contribution is 7.92. The molecule has 0 aliphatic carbocycles. The lowest BCUT2D eigenvalue weighted by atomic mass is 10.3. The number of sulfonamides is 2. The van der Waals surface area contributed by atoms with Gasteiger partial charge in [-0.2, -0.15) is 0 Å². The number of hydrogen-bond donors (Lipinski definition) is 2. The highest BCUT2D eigenvalue weighted by Crippen LogP contribution is 2.25. The largest absolute Gasteiger partial charge is 0.277 e. The summed E-state index contributed by atoms with van der Waals surface area (Å²) in [6.45, 7) is 0. The molecule has 6 nitrogen and oxygen atoms in total. The average molecular weight is 379 g/mol. The Hall–Kier alpha value is -1.68. The molecule has 0 fully saturated rings. The van der Waals surface area contributed by atoms with Crippen molar-refractivity contribution in [3.05, 3.63) is 53.3 Å². The van der Waals surface area contributed by atoms with Crippen LogP contribution in [0.4, 0.5) is 10.1 Å². The second-order valence-corrected chi connectivity index (χ2v) is 8.36. The van der Waals surface area contributed by atoms with E-state index in [0.29, 0.717) is 0 Å². The minimum atomic E-state index is -4.09. The SMILES string of the molecule is CNS(=O)(=O)c1ccc(S(=O)(=O)Nc2cccc(Cl)c2F)cc1. The second kappa shape index (κ2) is 6.44. The Bertz CT molecular complexity index is 929. The van der Waals surface area contributed by atoms with Crippen LogP contribution in [0.1, 0.15) is 0 Å². The molecule has 2 N–H and O–H groups in total. The number of halogens is 2. The van der Waals surface area contributed by atoms with E-state index in [1.807, 2.05) is 0 Å². The van der Waals surface area contributed by atoms with Crippen LogP contribution >= 0.6 is 11.6 Å². The minimum Gasteiger partial charge on any atom is -0.277 e. The van der Waals surface area contributed by atoms with E-state index in [1.165, 1.54) is 25.2 Å². The van der Waals surface area contributed by atoms with Gasteiger partial charge < -0.3 is 0 Å². The van der Waals surface area contributed by atoms with Gasteiger partial charge in [-0.25, -0.2) is 25.9 Å². The molecule has 0 amide bonds. The first-order chi connectivity index (χ1) is 10.7. The fraction of sp³-hybridized carbons (Fsp3) is 0.0769. The Morgan fingerprint density at radius 3 is 1.96 bits per heavy atom. The summed E-state index contributed by atoms with van der Waals surface area (Å²) in [5, 5.41) is -0.222. The first-order valence-corrected chi connectivity index (χ1v) is 9.52. The van der Waals surface area contributed by atoms with Crippen molar-refractivity contribution in [3.8, 4) is 0 Å². The van der Waals surface area contributed by atoms with E-state index >= 15 is 0 Å². The number of nitrogens with one attached hydrogen (secondary N) is 2. The van der Waals surface area contributed by atoms with Gasteiger partial charge in [0.25, 0.3) is 10.0 Å². The van der Waals surface area contributed by atoms with E-state index in [0.717, 1.165) is 24.3 Å². The Labute approximate surface area is 138 Å². The molecule has 0 aromatic heterocycles. The van der Waals surface area contributed by atoms with Gasteiger partial charge in [-0.3, -0.25) is 4.72 Å². The summed E-state index contributed by atoms with van der Waals surface area (Å²) in [6.07, 6.45) is 0. The Morgan fingerprint density at radius 2 is 1.43 bits per heavy atom. The van der Waals surface area contributed by atoms with Crippen LogP contribution < -0.4 is 9.44 Å². The Balaban J connectivity index is 2.35. The third kappa shape index (κ3) is 3.81. The molecule has 0 aliphatic rings. The van der Waals surface area contributed by atoms with Crippen LogP contribution in [0.3, 0.4) is 0 Å². The summed E-state index contributed by atoms with van der Waals surface area (Å²) in [4.78, 5) is -0.306. The Kier molecular flexibility index (Phi) is 4.95. The fourth-order valence-corrected chi connectivity index (χ4v) is 3.67. The molecule has 0 bridgehead atoms. The van der Waals surface area contributed by atoms with E-state index < -0.39 is 25.9 Å². The van der Waals surface area contributed by atoms with Crippen LogP contribution in [-0.2, 0) is 20.0 Å². The van der Waals surface area contributed by atoms with Crippen molar-refractivity contribution in [2.45, 2.75) is 9.79 Å². The van der Waals surface area contributed by atoms with E-state index in [4.69, 9.17) is 11.6 Å². The molecule has 2 aromatic carbocycles. The van der Waals surface area contributed by atoms with Gasteiger partial charge in [-0.15, -0.1) is 0 Å². The van der Waals surface area contributed by atoms with E-state index in [9.17, 15) is 21.2 Å². The monoisotopic (exact) mass is 378 g/mol. The standard InChI is InChI=1S/C13H12ClFN2O4S2/c1-16-22(18,19)9-5-7-10(8-6-9)23(20,21)17-12-4-2-3-11(14)13(12)15/h2-8,16-17H,1H3. The first-order valence-electron chi connectivity index (χ1n) is 6.18. The molecule has 0 atom stereocenters. The maximum atomic E-state index is 13.8. The lowest BCUT2D eigenvalue weighted by Crippen LogP contribution is -2.19. The van der Waals surface area contributed by atoms with Crippen molar-refractivity contribution in [1.82, 2.24) is 4.72 Å². The lowest BCUT2D eigenvalue weighted by Gasteiger charge is -2.10. The van der Waals surface area contributed by atoms with Crippen molar-refractivity contribution >= 4 is 37.3 Å². The third-order valence-corrected chi connectivity index (χ3v) is 6.01. The van der Waals surface area contributed by atoms with Crippen molar-refractivity contribution in [1.29, 1.82) is 0 Å². The minimum absolute atomic E-state index is 0.0899. The van der Waals surface area contributed by atoms with Gasteiger partial charge in [-0.1, -0.05) is 17.7 Å². The highest BCUT2D eigenvalue weighted by atomic mass is 35.5. The zero-order valence-electron chi connectivity index (χ0n) is 11.7. The summed E-state index contributed by atoms with van der Waals surface area (Å²) >= 11 is 5.59. The average Bonchev–Trinajstić information content (AvgIpc) is 2.52. The van der Waals surface area contributed by atoms with Crippen LogP contribution in [0, 0.1) is 5.82 Å². The molecule has 0 saturated carbocycles. The molecule has 124 valence electrons. The number of benzene rings is 2. The predicted octanol–water partition coefficient (Wildman–Crippen LogP) is 2.19. The van der Waals surface area contributed by atoms with Gasteiger partial charge in [0, 0.05) is 0 Å². The van der Waals surface area contributed by atoms with E-state index in [2.05, 4.69) is 9.44 Å². The molecule has 2 aromatic rings. The van der Waals surface area contributed by atoms with Gasteiger partial charge in [0.15, 0.2) is 5.82 Å². The molecule has 0 radical (unpaired) electrons. The quantitative estimate of drug-likeness (QED) is 0.834. The van der Waals surface area contributed by atoms with Crippen LogP contribution in [-0.4, -0.2) is 23.9 Å². The number of hydrogen-bond acceptors (Lipinski definition) is 4. The summed E-state index contributed by atoms with van der Waals surface area (Å²) in [6, 6.07) is 8.38. The van der Waals surface area contributed by atoms with Gasteiger partial charge in [-0.05, 0) is 43.4 Å². The number of anilines is 1. The molecule has 23 heavy (non-hydrogen) atoms. The normalized spacial score (nSPS) is 12.1. The lowest BCUT2D eigenvalue weighted by molar-refractivity contribution is 0.587. The summed E-state index contributed by atoms with van der Waals surface area (Å²) in [5.41, 5.74) is -0.301. The molecule has 0 saturated heterocycles. The Morgan fingerprint density at radius 1 is 0.913 bits per heavy atom. The second-order valence-electron chi connectivity index (χ2n) is 4.39. The van der Waals surface area contributed by atoms with Crippen molar-refractivity contribution in [2.75, 3.05) is 11.8 Å². The molecule has 0 unspecified atom stereocenters. The summed E-state index contributed by atoms with van der Waals surface area (Å²) in [5.74, 6) is -0.896. The molecular weight excluding hydrogens is 367 g/mol. The third-order valence-electron chi connectivity index (χ3n) is 2.91. The van der Waals surface area contributed by atoms with Gasteiger partial charge in [0.05, 0.1) is 20.5 Å². The smallest absolute Gasteiger partial charge is 0.261 e. The van der Waals surface area contributed by atoms with Crippen molar-refractivity contribution < 1.29 is 21.2 Å². The maximum Gasteiger partial charge on any atom is 0.261 e. The van der Waals surface area contributed by atoms with E-state index in [-0.39, 0.29) is 20.5 Å². The fourth-order valence-electron chi connectivity index (χ4n) is 1.70. The van der Waals surface area contributed by atoms with Crippen LogP contribution in [0.5, 0.6) is 0 Å². The molecular formula is C13H12ClFN2O4S2. The van der Waals surface area contributed by atoms with Gasteiger partial charge in [0.1, 0.15) is 0 Å². The van der Waals surface area contributed by atoms with Gasteiger partial charge >= 0.3 is 0 Å². The van der Waals surface area contributed by atoms with Crippen molar-refractivity contribution in [2.24, 2.45) is 0 Å². The molecule has 0 spiro atoms. The summed E-state index contributed by atoms with van der Waals surface area (Å²) in [7, 11) is -6.52. The maximum absolute atomic E-state index is 13.8.